The van der Waals surface area contributed by atoms with Crippen LogP contribution in [0, 0.1) is 5.92 Å². The molecule has 3 unspecified atom stereocenters. The van der Waals surface area contributed by atoms with Crippen LogP contribution < -0.4 is 0 Å². The lowest BCUT2D eigenvalue weighted by atomic mass is 9.85. The summed E-state index contributed by atoms with van der Waals surface area (Å²) >= 11 is 0. The van der Waals surface area contributed by atoms with E-state index in [1.54, 1.807) is 0 Å². The number of hydrogen-bond acceptors (Lipinski definition) is 2. The van der Waals surface area contributed by atoms with Gasteiger partial charge in [0.25, 0.3) is 0 Å². The second kappa shape index (κ2) is 7.95. The van der Waals surface area contributed by atoms with Crippen LogP contribution in [-0.2, 0) is 4.74 Å². The minimum atomic E-state index is -0.506. The Morgan fingerprint density at radius 2 is 1.81 bits per heavy atom. The van der Waals surface area contributed by atoms with Crippen LogP contribution in [0.1, 0.15) is 76.0 Å². The van der Waals surface area contributed by atoms with Crippen molar-refractivity contribution in [1.29, 1.82) is 0 Å². The number of benzene rings is 1. The van der Waals surface area contributed by atoms with Crippen LogP contribution in [0.25, 0.3) is 0 Å². The van der Waals surface area contributed by atoms with E-state index in [4.69, 9.17) is 4.74 Å². The van der Waals surface area contributed by atoms with Gasteiger partial charge in [0.05, 0.1) is 12.7 Å². The highest BCUT2D eigenvalue weighted by molar-refractivity contribution is 5.26. The zero-order valence-electron chi connectivity index (χ0n) is 13.7. The topological polar surface area (TPSA) is 29.5 Å². The average Bonchev–Trinajstić information content (AvgIpc) is 2.53. The van der Waals surface area contributed by atoms with Gasteiger partial charge >= 0.3 is 0 Å². The first kappa shape index (κ1) is 16.5. The van der Waals surface area contributed by atoms with E-state index < -0.39 is 6.10 Å². The molecule has 0 radical (unpaired) electrons. The highest BCUT2D eigenvalue weighted by Gasteiger charge is 2.22. The summed E-state index contributed by atoms with van der Waals surface area (Å²) in [6.07, 6.45) is 6.00. The normalized spacial score (nSPS) is 24.2. The Labute approximate surface area is 129 Å². The van der Waals surface area contributed by atoms with E-state index >= 15 is 0 Å². The van der Waals surface area contributed by atoms with Crippen molar-refractivity contribution < 1.29 is 9.84 Å². The van der Waals surface area contributed by atoms with E-state index in [2.05, 4.69) is 32.9 Å². The molecule has 2 nitrogen and oxygen atoms in total. The van der Waals surface area contributed by atoms with Crippen LogP contribution in [0.4, 0.5) is 0 Å². The van der Waals surface area contributed by atoms with E-state index in [1.165, 1.54) is 24.8 Å². The first-order chi connectivity index (χ1) is 10.1. The molecular formula is C19H30O2. The molecule has 1 aliphatic rings. The maximum atomic E-state index is 10.3. The molecule has 118 valence electrons. The standard InChI is InChI=1S/C19H30O2/c1-4-15-6-5-7-18(12-15)21-13-19(20)17-10-8-16(9-11-17)14(2)3/h8-11,14-15,18-20H,4-7,12-13H2,1-3H3. The Balaban J connectivity index is 1.82. The molecule has 2 rings (SSSR count). The summed E-state index contributed by atoms with van der Waals surface area (Å²) in [7, 11) is 0. The molecule has 0 aromatic heterocycles. The molecule has 0 heterocycles. The molecule has 1 fully saturated rings. The van der Waals surface area contributed by atoms with E-state index in [9.17, 15) is 5.11 Å². The van der Waals surface area contributed by atoms with Gasteiger partial charge < -0.3 is 9.84 Å². The number of aliphatic hydroxyl groups is 1. The number of rotatable bonds is 6. The van der Waals surface area contributed by atoms with Gasteiger partial charge in [-0.15, -0.1) is 0 Å². The van der Waals surface area contributed by atoms with Crippen molar-refractivity contribution in [1.82, 2.24) is 0 Å². The SMILES string of the molecule is CCC1CCCC(OCC(O)c2ccc(C(C)C)cc2)C1. The first-order valence-corrected chi connectivity index (χ1v) is 8.49. The lowest BCUT2D eigenvalue weighted by Gasteiger charge is -2.29. The van der Waals surface area contributed by atoms with E-state index in [1.807, 2.05) is 12.1 Å². The minimum absolute atomic E-state index is 0.341. The molecule has 1 aromatic rings. The van der Waals surface area contributed by atoms with E-state index in [0.717, 1.165) is 24.3 Å². The molecule has 21 heavy (non-hydrogen) atoms. The maximum Gasteiger partial charge on any atom is 0.102 e. The van der Waals surface area contributed by atoms with Crippen molar-refractivity contribution >= 4 is 0 Å². The van der Waals surface area contributed by atoms with Crippen LogP contribution in [0.5, 0.6) is 0 Å². The lowest BCUT2D eigenvalue weighted by molar-refractivity contribution is -0.0339. The van der Waals surface area contributed by atoms with E-state index in [0.29, 0.717) is 18.6 Å². The van der Waals surface area contributed by atoms with Gasteiger partial charge in [0.1, 0.15) is 6.10 Å². The molecule has 1 N–H and O–H groups in total. The lowest BCUT2D eigenvalue weighted by Crippen LogP contribution is -2.24. The Morgan fingerprint density at radius 1 is 1.14 bits per heavy atom. The van der Waals surface area contributed by atoms with Gasteiger partial charge in [0, 0.05) is 0 Å². The van der Waals surface area contributed by atoms with Crippen molar-refractivity contribution in [2.75, 3.05) is 6.61 Å². The van der Waals surface area contributed by atoms with Gasteiger partial charge in [-0.2, -0.15) is 0 Å². The van der Waals surface area contributed by atoms with Gasteiger partial charge in [-0.25, -0.2) is 0 Å². The van der Waals surface area contributed by atoms with Gasteiger partial charge in [0.2, 0.25) is 0 Å². The van der Waals surface area contributed by atoms with E-state index in [-0.39, 0.29) is 0 Å². The second-order valence-electron chi connectivity index (χ2n) is 6.73. The molecule has 0 amide bonds. The fourth-order valence-electron chi connectivity index (χ4n) is 3.19. The Morgan fingerprint density at radius 3 is 2.43 bits per heavy atom. The van der Waals surface area contributed by atoms with Crippen LogP contribution in [-0.4, -0.2) is 17.8 Å². The van der Waals surface area contributed by atoms with Crippen LogP contribution in [0.15, 0.2) is 24.3 Å². The smallest absolute Gasteiger partial charge is 0.102 e. The third-order valence-electron chi connectivity index (χ3n) is 4.79. The summed E-state index contributed by atoms with van der Waals surface area (Å²) in [5.41, 5.74) is 2.27. The molecular weight excluding hydrogens is 260 g/mol. The summed E-state index contributed by atoms with van der Waals surface area (Å²) < 4.78 is 5.96. The van der Waals surface area contributed by atoms with Crippen LogP contribution in [0.2, 0.25) is 0 Å². The zero-order chi connectivity index (χ0) is 15.2. The molecule has 1 aromatic carbocycles. The molecule has 0 spiro atoms. The van der Waals surface area contributed by atoms with Crippen molar-refractivity contribution in [3.63, 3.8) is 0 Å². The summed E-state index contributed by atoms with van der Waals surface area (Å²) in [5.74, 6) is 1.34. The highest BCUT2D eigenvalue weighted by Crippen LogP contribution is 2.29. The summed E-state index contributed by atoms with van der Waals surface area (Å²) in [6.45, 7) is 7.05. The fourth-order valence-corrected chi connectivity index (χ4v) is 3.19. The number of hydrogen-bond donors (Lipinski definition) is 1. The largest absolute Gasteiger partial charge is 0.386 e. The van der Waals surface area contributed by atoms with Crippen molar-refractivity contribution in [2.24, 2.45) is 5.92 Å². The van der Waals surface area contributed by atoms with Gasteiger partial charge in [-0.1, -0.05) is 64.3 Å². The fraction of sp³-hybridized carbons (Fsp3) is 0.684. The second-order valence-corrected chi connectivity index (χ2v) is 6.73. The average molecular weight is 290 g/mol. The van der Waals surface area contributed by atoms with Crippen molar-refractivity contribution in [3.8, 4) is 0 Å². The van der Waals surface area contributed by atoms with Gasteiger partial charge in [-0.05, 0) is 35.8 Å². The third kappa shape index (κ3) is 4.82. The molecule has 0 saturated heterocycles. The molecule has 3 atom stereocenters. The van der Waals surface area contributed by atoms with Gasteiger partial charge in [-0.3, -0.25) is 0 Å². The molecule has 0 aliphatic heterocycles. The van der Waals surface area contributed by atoms with Crippen LogP contribution in [0.3, 0.4) is 0 Å². The summed E-state index contributed by atoms with van der Waals surface area (Å²) in [6, 6.07) is 8.27. The number of ether oxygens (including phenoxy) is 1. The minimum Gasteiger partial charge on any atom is -0.386 e. The summed E-state index contributed by atoms with van der Waals surface area (Å²) in [5, 5.41) is 10.3. The molecule has 1 saturated carbocycles. The quantitative estimate of drug-likeness (QED) is 0.813. The van der Waals surface area contributed by atoms with Gasteiger partial charge in [0.15, 0.2) is 0 Å². The molecule has 2 heteroatoms. The summed E-state index contributed by atoms with van der Waals surface area (Å²) in [4.78, 5) is 0. The molecule has 1 aliphatic carbocycles. The first-order valence-electron chi connectivity index (χ1n) is 8.49. The predicted molar refractivity (Wildman–Crippen MR) is 87.5 cm³/mol. The highest BCUT2D eigenvalue weighted by atomic mass is 16.5. The Bertz CT molecular complexity index is 410. The Hall–Kier alpha value is -0.860. The molecule has 0 bridgehead atoms. The monoisotopic (exact) mass is 290 g/mol. The third-order valence-corrected chi connectivity index (χ3v) is 4.79. The van der Waals surface area contributed by atoms with Crippen LogP contribution >= 0.6 is 0 Å². The maximum absolute atomic E-state index is 10.3. The Kier molecular flexibility index (Phi) is 6.25. The van der Waals surface area contributed by atoms with Crippen molar-refractivity contribution in [3.05, 3.63) is 35.4 Å². The predicted octanol–water partition coefficient (Wildman–Crippen LogP) is 4.83. The zero-order valence-corrected chi connectivity index (χ0v) is 13.7. The van der Waals surface area contributed by atoms with Crippen molar-refractivity contribution in [2.45, 2.75) is 71.0 Å². The number of aliphatic hydroxyl groups excluding tert-OH is 1.